The van der Waals surface area contributed by atoms with E-state index in [9.17, 15) is 13.6 Å². The van der Waals surface area contributed by atoms with E-state index in [-0.39, 0.29) is 30.1 Å². The number of hydrogen-bond donors (Lipinski definition) is 1. The Morgan fingerprint density at radius 2 is 1.80 bits per heavy atom. The van der Waals surface area contributed by atoms with Crippen molar-refractivity contribution >= 4 is 23.2 Å². The largest absolute Gasteiger partial charge is 0.334 e. The Labute approximate surface area is 204 Å². The number of nitrogens with zero attached hydrogens (tertiary/aromatic N) is 3. The number of allylic oxidation sites excluding steroid dienone is 1. The number of carbonyl (C=O) groups is 1. The van der Waals surface area contributed by atoms with E-state index in [0.717, 1.165) is 5.56 Å². The second-order valence-corrected chi connectivity index (χ2v) is 8.52. The van der Waals surface area contributed by atoms with E-state index >= 15 is 0 Å². The Hall–Kier alpha value is -4.04. The lowest BCUT2D eigenvalue weighted by Gasteiger charge is -2.35. The number of nitrogens with one attached hydrogen (secondary N) is 1. The van der Waals surface area contributed by atoms with Crippen LogP contribution >= 0.6 is 11.6 Å². The Morgan fingerprint density at radius 1 is 1.03 bits per heavy atom. The maximum absolute atomic E-state index is 14.1. The van der Waals surface area contributed by atoms with Gasteiger partial charge in [-0.2, -0.15) is 4.98 Å². The van der Waals surface area contributed by atoms with Crippen LogP contribution in [0.15, 0.2) is 83.0 Å². The molecular weight excluding hydrogens is 474 g/mol. The predicted octanol–water partition coefficient (Wildman–Crippen LogP) is 6.37. The van der Waals surface area contributed by atoms with Crippen LogP contribution in [-0.4, -0.2) is 21.1 Å². The number of urea groups is 1. The third-order valence-electron chi connectivity index (χ3n) is 5.77. The minimum absolute atomic E-state index is 0.159. The number of amides is 2. The van der Waals surface area contributed by atoms with Gasteiger partial charge in [0.2, 0.25) is 5.82 Å². The average molecular weight is 493 g/mol. The maximum Gasteiger partial charge on any atom is 0.322 e. The molecule has 1 aliphatic heterocycles. The van der Waals surface area contributed by atoms with Gasteiger partial charge in [0.1, 0.15) is 11.6 Å². The van der Waals surface area contributed by atoms with Crippen molar-refractivity contribution in [1.82, 2.24) is 20.4 Å². The fourth-order valence-electron chi connectivity index (χ4n) is 4.05. The molecule has 5 rings (SSSR count). The summed E-state index contributed by atoms with van der Waals surface area (Å²) in [6.07, 6.45) is 0. The molecule has 3 aromatic carbocycles. The molecule has 2 amide bonds. The van der Waals surface area contributed by atoms with Gasteiger partial charge in [-0.25, -0.2) is 13.6 Å². The molecule has 0 bridgehead atoms. The molecule has 1 aromatic heterocycles. The fraction of sp³-hybridized carbons (Fsp3) is 0.115. The lowest BCUT2D eigenvalue weighted by molar-refractivity contribution is 0.203. The van der Waals surface area contributed by atoms with Crippen molar-refractivity contribution in [2.75, 3.05) is 0 Å². The van der Waals surface area contributed by atoms with E-state index in [1.165, 1.54) is 24.3 Å². The summed E-state index contributed by atoms with van der Waals surface area (Å²) >= 11 is 6.13. The number of rotatable bonds is 5. The summed E-state index contributed by atoms with van der Waals surface area (Å²) in [5.74, 6) is -0.398. The number of carbonyl (C=O) groups excluding carboxylic acids is 1. The maximum atomic E-state index is 14.1. The van der Waals surface area contributed by atoms with Crippen LogP contribution in [0.25, 0.3) is 17.0 Å². The molecule has 2 heterocycles. The molecule has 176 valence electrons. The van der Waals surface area contributed by atoms with E-state index in [0.29, 0.717) is 27.4 Å². The first-order valence-electron chi connectivity index (χ1n) is 10.8. The second kappa shape index (κ2) is 9.31. The van der Waals surface area contributed by atoms with Crippen molar-refractivity contribution in [2.24, 2.45) is 0 Å². The Balaban J connectivity index is 1.60. The van der Waals surface area contributed by atoms with Crippen molar-refractivity contribution in [3.63, 3.8) is 0 Å². The van der Waals surface area contributed by atoms with Gasteiger partial charge in [0, 0.05) is 16.3 Å². The van der Waals surface area contributed by atoms with Gasteiger partial charge in [0.05, 0.1) is 18.2 Å². The lowest BCUT2D eigenvalue weighted by atomic mass is 9.94. The van der Waals surface area contributed by atoms with Crippen molar-refractivity contribution in [3.05, 3.63) is 112 Å². The molecular formula is C26H19ClF2N4O2. The number of halogens is 3. The van der Waals surface area contributed by atoms with Crippen molar-refractivity contribution < 1.29 is 18.1 Å². The van der Waals surface area contributed by atoms with Gasteiger partial charge >= 0.3 is 6.03 Å². The smallest absolute Gasteiger partial charge is 0.322 e. The minimum Gasteiger partial charge on any atom is -0.334 e. The standard InChI is InChI=1S/C26H19ClF2N4O2/c1-15-22(25-31-24(32-35-25)17-8-10-20(28)11-9-17)23(18-5-3-7-21(29)13-18)30-26(34)33(15)14-16-4-2-6-19(27)12-16/h2-13,23H,14H2,1H3,(H,30,34). The molecule has 0 spiro atoms. The van der Waals surface area contributed by atoms with E-state index in [4.69, 9.17) is 16.1 Å². The first-order chi connectivity index (χ1) is 16.9. The number of hydrogen-bond acceptors (Lipinski definition) is 4. The van der Waals surface area contributed by atoms with Gasteiger partial charge in [-0.1, -0.05) is 41.0 Å². The monoisotopic (exact) mass is 492 g/mol. The van der Waals surface area contributed by atoms with E-state index < -0.39 is 11.9 Å². The first-order valence-corrected chi connectivity index (χ1v) is 11.2. The van der Waals surface area contributed by atoms with E-state index in [2.05, 4.69) is 15.5 Å². The molecule has 9 heteroatoms. The van der Waals surface area contributed by atoms with Crippen LogP contribution < -0.4 is 5.32 Å². The molecule has 1 unspecified atom stereocenters. The molecule has 0 aliphatic carbocycles. The van der Waals surface area contributed by atoms with E-state index in [1.54, 1.807) is 48.2 Å². The van der Waals surface area contributed by atoms with Crippen LogP contribution in [0.5, 0.6) is 0 Å². The summed E-state index contributed by atoms with van der Waals surface area (Å²) in [6, 6.07) is 17.8. The number of aromatic nitrogens is 2. The van der Waals surface area contributed by atoms with Crippen LogP contribution in [0.2, 0.25) is 5.02 Å². The molecule has 4 aromatic rings. The van der Waals surface area contributed by atoms with Crippen molar-refractivity contribution in [1.29, 1.82) is 0 Å². The highest BCUT2D eigenvalue weighted by atomic mass is 35.5. The minimum atomic E-state index is -0.727. The Bertz CT molecular complexity index is 1440. The van der Waals surface area contributed by atoms with Crippen LogP contribution in [0.1, 0.15) is 30.0 Å². The van der Waals surface area contributed by atoms with Gasteiger partial charge < -0.3 is 9.84 Å². The molecule has 0 radical (unpaired) electrons. The summed E-state index contributed by atoms with van der Waals surface area (Å²) < 4.78 is 33.0. The second-order valence-electron chi connectivity index (χ2n) is 8.08. The Kier molecular flexibility index (Phi) is 6.05. The zero-order valence-corrected chi connectivity index (χ0v) is 19.3. The van der Waals surface area contributed by atoms with Crippen LogP contribution in [0.3, 0.4) is 0 Å². The summed E-state index contributed by atoms with van der Waals surface area (Å²) in [5, 5.41) is 7.53. The molecule has 1 N–H and O–H groups in total. The summed E-state index contributed by atoms with van der Waals surface area (Å²) in [6.45, 7) is 2.02. The molecule has 0 saturated carbocycles. The van der Waals surface area contributed by atoms with Crippen LogP contribution in [0.4, 0.5) is 13.6 Å². The van der Waals surface area contributed by atoms with Gasteiger partial charge in [0.15, 0.2) is 0 Å². The highest BCUT2D eigenvalue weighted by Crippen LogP contribution is 2.38. The van der Waals surface area contributed by atoms with Gasteiger partial charge in [-0.15, -0.1) is 0 Å². The van der Waals surface area contributed by atoms with Crippen LogP contribution in [0, 0.1) is 11.6 Å². The fourth-order valence-corrected chi connectivity index (χ4v) is 4.26. The third kappa shape index (κ3) is 4.65. The highest BCUT2D eigenvalue weighted by Gasteiger charge is 2.36. The SMILES string of the molecule is CC1=C(c2nc(-c3ccc(F)cc3)no2)C(c2cccc(F)c2)NC(=O)N1Cc1cccc(Cl)c1. The normalized spacial score (nSPS) is 15.9. The summed E-state index contributed by atoms with van der Waals surface area (Å²) in [4.78, 5) is 19.2. The zero-order chi connectivity index (χ0) is 24.5. The molecule has 1 aliphatic rings. The highest BCUT2D eigenvalue weighted by molar-refractivity contribution is 6.30. The molecule has 0 saturated heterocycles. The number of benzene rings is 3. The zero-order valence-electron chi connectivity index (χ0n) is 18.5. The quantitative estimate of drug-likeness (QED) is 0.351. The summed E-state index contributed by atoms with van der Waals surface area (Å²) in [7, 11) is 0. The summed E-state index contributed by atoms with van der Waals surface area (Å²) in [5.41, 5.74) is 3.01. The molecule has 0 fully saturated rings. The van der Waals surface area contributed by atoms with Crippen LogP contribution in [-0.2, 0) is 6.54 Å². The van der Waals surface area contributed by atoms with E-state index in [1.807, 2.05) is 12.1 Å². The Morgan fingerprint density at radius 3 is 2.54 bits per heavy atom. The van der Waals surface area contributed by atoms with Gasteiger partial charge in [0.25, 0.3) is 5.89 Å². The van der Waals surface area contributed by atoms with Gasteiger partial charge in [-0.05, 0) is 66.6 Å². The van der Waals surface area contributed by atoms with Crippen molar-refractivity contribution in [2.45, 2.75) is 19.5 Å². The van der Waals surface area contributed by atoms with Crippen molar-refractivity contribution in [3.8, 4) is 11.4 Å². The lowest BCUT2D eigenvalue weighted by Crippen LogP contribution is -2.45. The van der Waals surface area contributed by atoms with Gasteiger partial charge in [-0.3, -0.25) is 4.90 Å². The average Bonchev–Trinajstić information content (AvgIpc) is 3.31. The third-order valence-corrected chi connectivity index (χ3v) is 6.00. The predicted molar refractivity (Wildman–Crippen MR) is 127 cm³/mol. The first kappa shape index (κ1) is 22.7. The molecule has 6 nitrogen and oxygen atoms in total. The topological polar surface area (TPSA) is 71.3 Å². The molecule has 1 atom stereocenters. The molecule has 35 heavy (non-hydrogen) atoms.